The summed E-state index contributed by atoms with van der Waals surface area (Å²) in [6.07, 6.45) is 4.13. The van der Waals surface area contributed by atoms with Crippen LogP contribution in [0.5, 0.6) is 0 Å². The fourth-order valence-corrected chi connectivity index (χ4v) is 1.66. The summed E-state index contributed by atoms with van der Waals surface area (Å²) >= 11 is 5.90. The molecule has 1 aromatic rings. The summed E-state index contributed by atoms with van der Waals surface area (Å²) in [5, 5.41) is 7.11. The number of ether oxygens (including phenoxy) is 1. The van der Waals surface area contributed by atoms with Crippen molar-refractivity contribution in [3.05, 3.63) is 21.6 Å². The number of anilines is 1. The Morgan fingerprint density at radius 1 is 1.65 bits per heavy atom. The SMILES string of the molecule is Cn1ncc(NCCOCC2CC2)c(Cl)c1=O. The van der Waals surface area contributed by atoms with Crippen LogP contribution in [-0.2, 0) is 11.8 Å². The summed E-state index contributed by atoms with van der Waals surface area (Å²) in [5.41, 5.74) is 0.264. The number of nitrogens with one attached hydrogen (secondary N) is 1. The highest BCUT2D eigenvalue weighted by Crippen LogP contribution is 2.28. The normalized spacial score (nSPS) is 14.9. The quantitative estimate of drug-likeness (QED) is 0.780. The number of halogens is 1. The standard InChI is InChI=1S/C11H16ClN3O2/c1-15-11(16)10(12)9(6-14-15)13-4-5-17-7-8-2-3-8/h6,8,13H,2-5,7H2,1H3. The second-order valence-corrected chi connectivity index (χ2v) is 4.62. The van der Waals surface area contributed by atoms with Gasteiger partial charge in [-0.05, 0) is 18.8 Å². The molecule has 0 aromatic carbocycles. The summed E-state index contributed by atoms with van der Waals surface area (Å²) in [5.74, 6) is 0.768. The van der Waals surface area contributed by atoms with Crippen molar-refractivity contribution in [2.75, 3.05) is 25.1 Å². The Labute approximate surface area is 105 Å². The number of hydrogen-bond acceptors (Lipinski definition) is 4. The van der Waals surface area contributed by atoms with E-state index in [9.17, 15) is 4.79 Å². The van der Waals surface area contributed by atoms with Crippen LogP contribution < -0.4 is 10.9 Å². The van der Waals surface area contributed by atoms with Gasteiger partial charge in [0.05, 0.1) is 18.5 Å². The van der Waals surface area contributed by atoms with Crippen LogP contribution in [0.3, 0.4) is 0 Å². The van der Waals surface area contributed by atoms with Crippen LogP contribution in [0.2, 0.25) is 5.02 Å². The lowest BCUT2D eigenvalue weighted by Gasteiger charge is -2.08. The zero-order valence-electron chi connectivity index (χ0n) is 9.78. The predicted octanol–water partition coefficient (Wildman–Crippen LogP) is 1.27. The van der Waals surface area contributed by atoms with Crippen molar-refractivity contribution in [3.8, 4) is 0 Å². The molecule has 94 valence electrons. The van der Waals surface area contributed by atoms with Crippen LogP contribution in [0.25, 0.3) is 0 Å². The minimum absolute atomic E-state index is 0.171. The zero-order chi connectivity index (χ0) is 12.3. The third-order valence-corrected chi connectivity index (χ3v) is 3.06. The molecule has 0 unspecified atom stereocenters. The monoisotopic (exact) mass is 257 g/mol. The molecule has 1 fully saturated rings. The molecule has 1 N–H and O–H groups in total. The lowest BCUT2D eigenvalue weighted by atomic mass is 10.4. The number of aromatic nitrogens is 2. The summed E-state index contributed by atoms with van der Waals surface area (Å²) in [4.78, 5) is 11.5. The summed E-state index contributed by atoms with van der Waals surface area (Å²) in [6, 6.07) is 0. The Balaban J connectivity index is 1.77. The maximum absolute atomic E-state index is 11.5. The number of hydrogen-bond donors (Lipinski definition) is 1. The first-order valence-corrected chi connectivity index (χ1v) is 6.09. The molecule has 0 bridgehead atoms. The Kier molecular flexibility index (Phi) is 4.02. The Bertz CT molecular complexity index is 443. The van der Waals surface area contributed by atoms with Gasteiger partial charge in [0.25, 0.3) is 5.56 Å². The van der Waals surface area contributed by atoms with E-state index in [2.05, 4.69) is 10.4 Å². The van der Waals surface area contributed by atoms with E-state index in [0.29, 0.717) is 18.8 Å². The predicted molar refractivity (Wildman–Crippen MR) is 66.5 cm³/mol. The van der Waals surface area contributed by atoms with Gasteiger partial charge in [-0.1, -0.05) is 11.6 Å². The van der Waals surface area contributed by atoms with Gasteiger partial charge in [-0.25, -0.2) is 4.68 Å². The molecule has 1 aromatic heterocycles. The van der Waals surface area contributed by atoms with Crippen molar-refractivity contribution in [3.63, 3.8) is 0 Å². The van der Waals surface area contributed by atoms with Crippen LogP contribution in [-0.4, -0.2) is 29.5 Å². The van der Waals surface area contributed by atoms with Crippen LogP contribution in [0.15, 0.2) is 11.0 Å². The lowest BCUT2D eigenvalue weighted by molar-refractivity contribution is 0.134. The largest absolute Gasteiger partial charge is 0.380 e. The minimum Gasteiger partial charge on any atom is -0.380 e. The van der Waals surface area contributed by atoms with E-state index in [0.717, 1.165) is 12.5 Å². The number of aryl methyl sites for hydroxylation is 1. The van der Waals surface area contributed by atoms with Crippen LogP contribution >= 0.6 is 11.6 Å². The summed E-state index contributed by atoms with van der Waals surface area (Å²) in [7, 11) is 1.57. The van der Waals surface area contributed by atoms with E-state index < -0.39 is 0 Å². The molecule has 1 saturated carbocycles. The fourth-order valence-electron chi connectivity index (χ4n) is 1.43. The molecule has 0 radical (unpaired) electrons. The first kappa shape index (κ1) is 12.4. The molecular weight excluding hydrogens is 242 g/mol. The van der Waals surface area contributed by atoms with Gasteiger partial charge in [-0.2, -0.15) is 5.10 Å². The van der Waals surface area contributed by atoms with Gasteiger partial charge in [-0.15, -0.1) is 0 Å². The molecule has 5 nitrogen and oxygen atoms in total. The smallest absolute Gasteiger partial charge is 0.287 e. The maximum Gasteiger partial charge on any atom is 0.287 e. The second kappa shape index (κ2) is 5.51. The van der Waals surface area contributed by atoms with Gasteiger partial charge < -0.3 is 10.1 Å². The van der Waals surface area contributed by atoms with E-state index in [1.165, 1.54) is 17.5 Å². The highest BCUT2D eigenvalue weighted by Gasteiger charge is 2.20. The molecule has 0 saturated heterocycles. The first-order chi connectivity index (χ1) is 8.18. The fraction of sp³-hybridized carbons (Fsp3) is 0.636. The van der Waals surface area contributed by atoms with Gasteiger partial charge in [0.1, 0.15) is 5.02 Å². The van der Waals surface area contributed by atoms with Crippen molar-refractivity contribution in [1.82, 2.24) is 9.78 Å². The van der Waals surface area contributed by atoms with Gasteiger partial charge >= 0.3 is 0 Å². The van der Waals surface area contributed by atoms with E-state index in [-0.39, 0.29) is 10.6 Å². The average Bonchev–Trinajstić information content (AvgIpc) is 3.12. The van der Waals surface area contributed by atoms with Gasteiger partial charge in [0.15, 0.2) is 0 Å². The third-order valence-electron chi connectivity index (χ3n) is 2.69. The molecule has 0 spiro atoms. The van der Waals surface area contributed by atoms with Crippen LogP contribution in [0.1, 0.15) is 12.8 Å². The molecule has 6 heteroatoms. The number of rotatable bonds is 6. The molecule has 1 aliphatic rings. The molecule has 1 heterocycles. The van der Waals surface area contributed by atoms with Crippen molar-refractivity contribution in [1.29, 1.82) is 0 Å². The van der Waals surface area contributed by atoms with E-state index >= 15 is 0 Å². The van der Waals surface area contributed by atoms with Gasteiger partial charge in [0, 0.05) is 20.2 Å². The van der Waals surface area contributed by atoms with E-state index in [4.69, 9.17) is 16.3 Å². The highest BCUT2D eigenvalue weighted by molar-refractivity contribution is 6.32. The Morgan fingerprint density at radius 2 is 2.41 bits per heavy atom. The van der Waals surface area contributed by atoms with Gasteiger partial charge in [-0.3, -0.25) is 4.79 Å². The second-order valence-electron chi connectivity index (χ2n) is 4.25. The third kappa shape index (κ3) is 3.44. The lowest BCUT2D eigenvalue weighted by Crippen LogP contribution is -2.22. The van der Waals surface area contributed by atoms with Crippen molar-refractivity contribution in [2.45, 2.75) is 12.8 Å². The highest BCUT2D eigenvalue weighted by atomic mass is 35.5. The van der Waals surface area contributed by atoms with Crippen molar-refractivity contribution < 1.29 is 4.74 Å². The van der Waals surface area contributed by atoms with Crippen molar-refractivity contribution in [2.24, 2.45) is 13.0 Å². The van der Waals surface area contributed by atoms with E-state index in [1.807, 2.05) is 0 Å². The molecule has 0 amide bonds. The molecule has 17 heavy (non-hydrogen) atoms. The Hall–Kier alpha value is -1.07. The average molecular weight is 258 g/mol. The molecule has 0 atom stereocenters. The van der Waals surface area contributed by atoms with E-state index in [1.54, 1.807) is 13.2 Å². The summed E-state index contributed by atoms with van der Waals surface area (Å²) < 4.78 is 6.67. The number of nitrogens with zero attached hydrogens (tertiary/aromatic N) is 2. The molecule has 0 aliphatic heterocycles. The summed E-state index contributed by atoms with van der Waals surface area (Å²) in [6.45, 7) is 2.08. The minimum atomic E-state index is -0.296. The molecule has 2 rings (SSSR count). The maximum atomic E-state index is 11.5. The van der Waals surface area contributed by atoms with Crippen LogP contribution in [0, 0.1) is 5.92 Å². The molecule has 1 aliphatic carbocycles. The van der Waals surface area contributed by atoms with Crippen LogP contribution in [0.4, 0.5) is 5.69 Å². The zero-order valence-corrected chi connectivity index (χ0v) is 10.5. The first-order valence-electron chi connectivity index (χ1n) is 5.72. The molecular formula is C11H16ClN3O2. The van der Waals surface area contributed by atoms with Gasteiger partial charge in [0.2, 0.25) is 0 Å². The van der Waals surface area contributed by atoms with Crippen molar-refractivity contribution >= 4 is 17.3 Å². The Morgan fingerprint density at radius 3 is 3.12 bits per heavy atom. The topological polar surface area (TPSA) is 56.1 Å².